The summed E-state index contributed by atoms with van der Waals surface area (Å²) < 4.78 is 1.96. The second-order valence-electron chi connectivity index (χ2n) is 5.58. The molecule has 0 spiro atoms. The fraction of sp³-hybridized carbons (Fsp3) is 0.211. The highest BCUT2D eigenvalue weighted by atomic mass is 15.2. The van der Waals surface area contributed by atoms with Crippen molar-refractivity contribution >= 4 is 40.6 Å². The second kappa shape index (κ2) is 7.61. The Balaban J connectivity index is 1.96. The van der Waals surface area contributed by atoms with Crippen LogP contribution in [0.3, 0.4) is 0 Å². The molecule has 0 amide bonds. The van der Waals surface area contributed by atoms with Crippen LogP contribution in [0.2, 0.25) is 0 Å². The van der Waals surface area contributed by atoms with E-state index in [-0.39, 0.29) is 0 Å². The SMILES string of the molecule is CCNc1cc(N)[n+](CC)c2n[nH]c(/N=C/C=C/c3ccccc3)c12. The number of H-pyrrole nitrogens is 1. The molecule has 3 rings (SSSR count). The van der Waals surface area contributed by atoms with Gasteiger partial charge in [-0.15, -0.1) is 0 Å². The van der Waals surface area contributed by atoms with Crippen molar-refractivity contribution in [2.24, 2.45) is 4.99 Å². The molecule has 0 bridgehead atoms. The summed E-state index contributed by atoms with van der Waals surface area (Å²) in [5.74, 6) is 1.39. The molecule has 6 heteroatoms. The molecular weight excluding hydrogens is 312 g/mol. The Morgan fingerprint density at radius 2 is 2.08 bits per heavy atom. The molecule has 0 aliphatic heterocycles. The lowest BCUT2D eigenvalue weighted by molar-refractivity contribution is -0.655. The fourth-order valence-corrected chi connectivity index (χ4v) is 2.78. The highest BCUT2D eigenvalue weighted by molar-refractivity contribution is 5.98. The predicted molar refractivity (Wildman–Crippen MR) is 104 cm³/mol. The minimum atomic E-state index is 0.678. The molecule has 0 aliphatic rings. The first-order valence-corrected chi connectivity index (χ1v) is 8.44. The number of benzene rings is 1. The fourth-order valence-electron chi connectivity index (χ4n) is 2.78. The predicted octanol–water partition coefficient (Wildman–Crippen LogP) is 3.30. The van der Waals surface area contributed by atoms with Crippen molar-refractivity contribution in [1.82, 2.24) is 10.2 Å². The summed E-state index contributed by atoms with van der Waals surface area (Å²) in [4.78, 5) is 4.53. The molecular formula is C19H23N6+. The number of pyridine rings is 1. The molecule has 25 heavy (non-hydrogen) atoms. The highest BCUT2D eigenvalue weighted by Gasteiger charge is 2.20. The van der Waals surface area contributed by atoms with E-state index >= 15 is 0 Å². The van der Waals surface area contributed by atoms with Crippen LogP contribution in [0.1, 0.15) is 19.4 Å². The number of nitrogens with zero attached hydrogens (tertiary/aromatic N) is 3. The first-order valence-electron chi connectivity index (χ1n) is 8.44. The lowest BCUT2D eigenvalue weighted by Gasteiger charge is -2.08. The molecule has 2 heterocycles. The Kier molecular flexibility index (Phi) is 5.09. The number of aliphatic imine (C=N–C) groups is 1. The summed E-state index contributed by atoms with van der Waals surface area (Å²) >= 11 is 0. The summed E-state index contributed by atoms with van der Waals surface area (Å²) in [6.07, 6.45) is 5.69. The van der Waals surface area contributed by atoms with Gasteiger partial charge in [-0.05, 0) is 30.6 Å². The van der Waals surface area contributed by atoms with Gasteiger partial charge in [0, 0.05) is 18.8 Å². The van der Waals surface area contributed by atoms with Gasteiger partial charge < -0.3 is 11.1 Å². The van der Waals surface area contributed by atoms with E-state index in [1.165, 1.54) is 0 Å². The molecule has 2 aromatic heterocycles. The third kappa shape index (κ3) is 3.52. The van der Waals surface area contributed by atoms with E-state index in [0.29, 0.717) is 11.6 Å². The number of anilines is 2. The van der Waals surface area contributed by atoms with E-state index in [4.69, 9.17) is 5.73 Å². The van der Waals surface area contributed by atoms with E-state index in [9.17, 15) is 0 Å². The van der Waals surface area contributed by atoms with Crippen molar-refractivity contribution < 1.29 is 4.57 Å². The summed E-state index contributed by atoms with van der Waals surface area (Å²) in [6, 6.07) is 12.0. The number of nitrogens with two attached hydrogens (primary N) is 1. The zero-order valence-electron chi connectivity index (χ0n) is 14.5. The molecule has 3 aromatic rings. The number of fused-ring (bicyclic) bond motifs is 1. The minimum absolute atomic E-state index is 0.678. The minimum Gasteiger partial charge on any atom is -0.384 e. The summed E-state index contributed by atoms with van der Waals surface area (Å²) in [7, 11) is 0. The molecule has 1 aromatic carbocycles. The third-order valence-corrected chi connectivity index (χ3v) is 3.92. The maximum absolute atomic E-state index is 6.14. The zero-order valence-corrected chi connectivity index (χ0v) is 14.5. The molecule has 4 N–H and O–H groups in total. The second-order valence-corrected chi connectivity index (χ2v) is 5.58. The Morgan fingerprint density at radius 1 is 1.28 bits per heavy atom. The van der Waals surface area contributed by atoms with E-state index < -0.39 is 0 Å². The van der Waals surface area contributed by atoms with E-state index in [0.717, 1.165) is 35.4 Å². The van der Waals surface area contributed by atoms with Crippen molar-refractivity contribution in [1.29, 1.82) is 0 Å². The smallest absolute Gasteiger partial charge is 0.299 e. The zero-order chi connectivity index (χ0) is 17.6. The van der Waals surface area contributed by atoms with Crippen LogP contribution in [0.4, 0.5) is 17.3 Å². The summed E-state index contributed by atoms with van der Waals surface area (Å²) in [5, 5.41) is 11.7. The van der Waals surface area contributed by atoms with Crippen LogP contribution >= 0.6 is 0 Å². The number of hydrogen-bond acceptors (Lipinski definition) is 4. The number of allylic oxidation sites excluding steroid dienone is 1. The average molecular weight is 335 g/mol. The van der Waals surface area contributed by atoms with Gasteiger partial charge in [-0.2, -0.15) is 5.10 Å². The third-order valence-electron chi connectivity index (χ3n) is 3.92. The Morgan fingerprint density at radius 3 is 2.80 bits per heavy atom. The Labute approximate surface area is 147 Å². The molecule has 0 radical (unpaired) electrons. The van der Waals surface area contributed by atoms with Gasteiger partial charge in [0.25, 0.3) is 5.65 Å². The van der Waals surface area contributed by atoms with Crippen LogP contribution in [-0.4, -0.2) is 23.0 Å². The van der Waals surface area contributed by atoms with E-state index in [1.54, 1.807) is 6.21 Å². The van der Waals surface area contributed by atoms with Crippen molar-refractivity contribution in [3.05, 3.63) is 48.0 Å². The van der Waals surface area contributed by atoms with Crippen molar-refractivity contribution in [3.63, 3.8) is 0 Å². The van der Waals surface area contributed by atoms with Gasteiger partial charge in [0.2, 0.25) is 5.82 Å². The van der Waals surface area contributed by atoms with Crippen molar-refractivity contribution in [2.45, 2.75) is 20.4 Å². The maximum Gasteiger partial charge on any atom is 0.299 e. The lowest BCUT2D eigenvalue weighted by Crippen LogP contribution is -2.37. The summed E-state index contributed by atoms with van der Waals surface area (Å²) in [6.45, 7) is 5.64. The first kappa shape index (κ1) is 16.7. The number of nitrogen functional groups attached to an aromatic ring is 1. The number of hydrogen-bond donors (Lipinski definition) is 3. The van der Waals surface area contributed by atoms with Gasteiger partial charge in [-0.1, -0.05) is 36.4 Å². The molecule has 0 saturated carbocycles. The molecule has 0 aliphatic carbocycles. The van der Waals surface area contributed by atoms with Crippen molar-refractivity contribution in [3.8, 4) is 0 Å². The Hall–Kier alpha value is -3.15. The molecule has 0 atom stereocenters. The normalized spacial score (nSPS) is 11.8. The number of nitrogens with one attached hydrogen (secondary N) is 2. The van der Waals surface area contributed by atoms with Crippen molar-refractivity contribution in [2.75, 3.05) is 17.6 Å². The molecule has 0 fully saturated rings. The average Bonchev–Trinajstić information content (AvgIpc) is 3.04. The van der Waals surface area contributed by atoms with Crippen LogP contribution < -0.4 is 15.6 Å². The van der Waals surface area contributed by atoms with Gasteiger partial charge in [0.15, 0.2) is 5.82 Å². The summed E-state index contributed by atoms with van der Waals surface area (Å²) in [5.41, 5.74) is 9.02. The number of aryl methyl sites for hydroxylation is 1. The Bertz CT molecular complexity index is 909. The molecule has 6 nitrogen and oxygen atoms in total. The quantitative estimate of drug-likeness (QED) is 0.477. The first-order chi connectivity index (χ1) is 12.2. The number of aromatic nitrogens is 3. The van der Waals surface area contributed by atoms with Gasteiger partial charge in [-0.25, -0.2) is 9.56 Å². The van der Waals surface area contributed by atoms with Crippen LogP contribution in [0, 0.1) is 0 Å². The van der Waals surface area contributed by atoms with Crippen LogP contribution in [0.15, 0.2) is 47.5 Å². The van der Waals surface area contributed by atoms with Crippen LogP contribution in [0.5, 0.6) is 0 Å². The van der Waals surface area contributed by atoms with Gasteiger partial charge >= 0.3 is 0 Å². The lowest BCUT2D eigenvalue weighted by atomic mass is 10.2. The monoisotopic (exact) mass is 335 g/mol. The maximum atomic E-state index is 6.14. The van der Waals surface area contributed by atoms with Gasteiger partial charge in [-0.3, -0.25) is 0 Å². The van der Waals surface area contributed by atoms with E-state index in [2.05, 4.69) is 27.4 Å². The highest BCUT2D eigenvalue weighted by Crippen LogP contribution is 2.30. The number of aromatic amines is 1. The van der Waals surface area contributed by atoms with Crippen LogP contribution in [-0.2, 0) is 6.54 Å². The van der Waals surface area contributed by atoms with Crippen LogP contribution in [0.25, 0.3) is 17.1 Å². The van der Waals surface area contributed by atoms with E-state index in [1.807, 2.05) is 60.0 Å². The molecule has 0 unspecified atom stereocenters. The largest absolute Gasteiger partial charge is 0.384 e. The standard InChI is InChI=1S/C19H22N6/c1-3-21-15-13-16(20)25(4-2)19-17(15)18(23-24-19)22-12-8-11-14-9-6-5-7-10-14/h5-13H,3-4H2,1-2H3,(H3,20,21,23,24)/p+1/b11-8+,22-12+. The van der Waals surface area contributed by atoms with Gasteiger partial charge in [0.05, 0.1) is 12.2 Å². The topological polar surface area (TPSA) is 83.0 Å². The molecule has 0 saturated heterocycles. The number of rotatable bonds is 6. The van der Waals surface area contributed by atoms with Gasteiger partial charge in [0.1, 0.15) is 5.39 Å². The molecule has 128 valence electrons.